The van der Waals surface area contributed by atoms with E-state index in [2.05, 4.69) is 29.1 Å². The van der Waals surface area contributed by atoms with Crippen LogP contribution >= 0.6 is 11.6 Å². The molecule has 1 heterocycles. The summed E-state index contributed by atoms with van der Waals surface area (Å²) in [6, 6.07) is 10.7. The summed E-state index contributed by atoms with van der Waals surface area (Å²) in [5.74, 6) is -0.0265. The Morgan fingerprint density at radius 2 is 1.80 bits per heavy atom. The molecule has 1 N–H and O–H groups in total. The number of carbonyl (C=O) groups excluding carboxylic acids is 3. The predicted molar refractivity (Wildman–Crippen MR) is 158 cm³/mol. The minimum Gasteiger partial charge on any atom is -0.495 e. The second-order valence-electron chi connectivity index (χ2n) is 11.2. The molecule has 1 unspecified atom stereocenters. The zero-order valence-electron chi connectivity index (χ0n) is 24.1. The van der Waals surface area contributed by atoms with Crippen molar-refractivity contribution in [1.82, 2.24) is 9.97 Å². The average molecular weight is 565 g/mol. The highest BCUT2D eigenvalue weighted by molar-refractivity contribution is 6.34. The first-order chi connectivity index (χ1) is 18.8. The number of carbonyl (C=O) groups is 3. The molecule has 1 atom stereocenters. The molecule has 0 aliphatic rings. The standard InChI is InChI=1S/C31H37ClN4O4/c1-19(2)17-36(29(39)31(4,5)6)25-14-22(11-12-26(25)40-7)23(18-37)13-21-15-33-30(34-16-21)35-28(38)27-20(3)9-8-10-24(27)32/h8-12,14-16,18-19,23H,13,17H2,1-7H3,(H,33,34,35,38). The number of methoxy groups -OCH3 is 1. The number of aromatic nitrogens is 2. The summed E-state index contributed by atoms with van der Waals surface area (Å²) < 4.78 is 5.60. The summed E-state index contributed by atoms with van der Waals surface area (Å²) in [5, 5.41) is 3.02. The lowest BCUT2D eigenvalue weighted by Crippen LogP contribution is -2.42. The highest BCUT2D eigenvalue weighted by Crippen LogP contribution is 2.35. The second kappa shape index (κ2) is 13.0. The number of anilines is 2. The Kier molecular flexibility index (Phi) is 10.0. The van der Waals surface area contributed by atoms with Crippen LogP contribution in [0.2, 0.25) is 5.02 Å². The van der Waals surface area contributed by atoms with Crippen LogP contribution in [0.4, 0.5) is 11.6 Å². The number of halogens is 1. The molecule has 9 heteroatoms. The number of hydrogen-bond donors (Lipinski definition) is 1. The third-order valence-corrected chi connectivity index (χ3v) is 6.67. The third-order valence-electron chi connectivity index (χ3n) is 6.36. The van der Waals surface area contributed by atoms with Gasteiger partial charge in [-0.15, -0.1) is 0 Å². The van der Waals surface area contributed by atoms with Crippen LogP contribution in [0, 0.1) is 18.3 Å². The number of benzene rings is 2. The van der Waals surface area contributed by atoms with Crippen molar-refractivity contribution in [2.75, 3.05) is 23.9 Å². The van der Waals surface area contributed by atoms with E-state index in [4.69, 9.17) is 16.3 Å². The highest BCUT2D eigenvalue weighted by Gasteiger charge is 2.31. The van der Waals surface area contributed by atoms with Crippen LogP contribution in [0.1, 0.15) is 67.6 Å². The van der Waals surface area contributed by atoms with Gasteiger partial charge in [-0.3, -0.25) is 14.9 Å². The van der Waals surface area contributed by atoms with Crippen molar-refractivity contribution in [1.29, 1.82) is 0 Å². The number of amides is 2. The normalized spacial score (nSPS) is 12.1. The van der Waals surface area contributed by atoms with Crippen LogP contribution in [0.25, 0.3) is 0 Å². The lowest BCUT2D eigenvalue weighted by molar-refractivity contribution is -0.125. The van der Waals surface area contributed by atoms with Crippen LogP contribution in [0.5, 0.6) is 5.75 Å². The Morgan fingerprint density at radius 1 is 1.12 bits per heavy atom. The molecule has 2 amide bonds. The van der Waals surface area contributed by atoms with Crippen molar-refractivity contribution in [2.45, 2.75) is 53.9 Å². The summed E-state index contributed by atoms with van der Waals surface area (Å²) in [6.07, 6.45) is 4.37. The van der Waals surface area contributed by atoms with E-state index < -0.39 is 17.2 Å². The van der Waals surface area contributed by atoms with Crippen LogP contribution in [-0.4, -0.2) is 41.7 Å². The highest BCUT2D eigenvalue weighted by atomic mass is 35.5. The maximum absolute atomic E-state index is 13.4. The molecular formula is C31H37ClN4O4. The Bertz CT molecular complexity index is 1350. The van der Waals surface area contributed by atoms with Gasteiger partial charge in [0, 0.05) is 30.3 Å². The van der Waals surface area contributed by atoms with Gasteiger partial charge >= 0.3 is 0 Å². The largest absolute Gasteiger partial charge is 0.495 e. The van der Waals surface area contributed by atoms with E-state index in [1.54, 1.807) is 55.6 Å². The molecule has 3 rings (SSSR count). The number of ether oxygens (including phenoxy) is 1. The van der Waals surface area contributed by atoms with Gasteiger partial charge in [-0.05, 0) is 54.2 Å². The number of nitrogens with one attached hydrogen (secondary N) is 1. The van der Waals surface area contributed by atoms with Gasteiger partial charge in [0.15, 0.2) is 0 Å². The zero-order chi connectivity index (χ0) is 29.6. The topological polar surface area (TPSA) is 101 Å². The van der Waals surface area contributed by atoms with E-state index in [9.17, 15) is 14.4 Å². The van der Waals surface area contributed by atoms with Gasteiger partial charge in [0.1, 0.15) is 12.0 Å². The molecule has 212 valence electrons. The van der Waals surface area contributed by atoms with E-state index in [1.807, 2.05) is 32.9 Å². The molecule has 40 heavy (non-hydrogen) atoms. The third kappa shape index (κ3) is 7.45. The van der Waals surface area contributed by atoms with E-state index in [-0.39, 0.29) is 17.8 Å². The number of hydrogen-bond acceptors (Lipinski definition) is 6. The van der Waals surface area contributed by atoms with Crippen molar-refractivity contribution in [3.8, 4) is 5.75 Å². The number of aryl methyl sites for hydroxylation is 1. The summed E-state index contributed by atoms with van der Waals surface area (Å²) in [4.78, 5) is 48.6. The molecule has 2 aromatic carbocycles. The molecule has 0 aliphatic carbocycles. The molecule has 8 nitrogen and oxygen atoms in total. The van der Waals surface area contributed by atoms with Crippen LogP contribution in [-0.2, 0) is 16.0 Å². The second-order valence-corrected chi connectivity index (χ2v) is 11.6. The van der Waals surface area contributed by atoms with E-state index in [0.29, 0.717) is 40.6 Å². The fourth-order valence-corrected chi connectivity index (χ4v) is 4.62. The monoisotopic (exact) mass is 564 g/mol. The quantitative estimate of drug-likeness (QED) is 0.292. The molecule has 0 saturated carbocycles. The Labute approximate surface area is 241 Å². The van der Waals surface area contributed by atoms with Gasteiger partial charge in [0.2, 0.25) is 11.9 Å². The Morgan fingerprint density at radius 3 is 2.35 bits per heavy atom. The minimum atomic E-state index is -0.598. The Hall–Kier alpha value is -3.78. The van der Waals surface area contributed by atoms with Crippen molar-refractivity contribution in [3.63, 3.8) is 0 Å². The zero-order valence-corrected chi connectivity index (χ0v) is 24.9. The number of rotatable bonds is 10. The first-order valence-electron chi connectivity index (χ1n) is 13.2. The molecule has 0 saturated heterocycles. The number of aldehydes is 1. The SMILES string of the molecule is COc1ccc(C(C=O)Cc2cnc(NC(=O)c3c(C)cccc3Cl)nc2)cc1N(CC(C)C)C(=O)C(C)(C)C. The molecule has 0 bridgehead atoms. The van der Waals surface area contributed by atoms with Gasteiger partial charge < -0.3 is 14.4 Å². The van der Waals surface area contributed by atoms with Crippen LogP contribution < -0.4 is 15.0 Å². The fraction of sp³-hybridized carbons (Fsp3) is 0.387. The average Bonchev–Trinajstić information content (AvgIpc) is 2.90. The minimum absolute atomic E-state index is 0.0303. The van der Waals surface area contributed by atoms with Crippen molar-refractivity contribution >= 4 is 41.3 Å². The lowest BCUT2D eigenvalue weighted by atomic mass is 9.91. The molecule has 0 fully saturated rings. The maximum Gasteiger partial charge on any atom is 0.259 e. The van der Waals surface area contributed by atoms with Gasteiger partial charge in [-0.2, -0.15) is 0 Å². The summed E-state index contributed by atoms with van der Waals surface area (Å²) in [6.45, 7) is 12.1. The van der Waals surface area contributed by atoms with Gasteiger partial charge in [-0.25, -0.2) is 9.97 Å². The lowest BCUT2D eigenvalue weighted by Gasteiger charge is -2.32. The number of nitrogens with zero attached hydrogens (tertiary/aromatic N) is 3. The van der Waals surface area contributed by atoms with Crippen molar-refractivity contribution < 1.29 is 19.1 Å². The summed E-state index contributed by atoms with van der Waals surface area (Å²) >= 11 is 6.20. The van der Waals surface area contributed by atoms with E-state index in [0.717, 1.165) is 17.4 Å². The molecule has 1 aromatic heterocycles. The summed E-state index contributed by atoms with van der Waals surface area (Å²) in [7, 11) is 1.57. The summed E-state index contributed by atoms with van der Waals surface area (Å²) in [5.41, 5.74) is 2.60. The molecule has 0 spiro atoms. The van der Waals surface area contributed by atoms with Crippen molar-refractivity contribution in [2.24, 2.45) is 11.3 Å². The van der Waals surface area contributed by atoms with Crippen LogP contribution in [0.3, 0.4) is 0 Å². The maximum atomic E-state index is 13.4. The predicted octanol–water partition coefficient (Wildman–Crippen LogP) is 6.26. The molecule has 3 aromatic rings. The van der Waals surface area contributed by atoms with Crippen molar-refractivity contribution in [3.05, 3.63) is 76.1 Å². The van der Waals surface area contributed by atoms with Crippen LogP contribution in [0.15, 0.2) is 48.8 Å². The molecular weight excluding hydrogens is 528 g/mol. The van der Waals surface area contributed by atoms with Gasteiger partial charge in [-0.1, -0.05) is 64.4 Å². The smallest absolute Gasteiger partial charge is 0.259 e. The fourth-order valence-electron chi connectivity index (χ4n) is 4.32. The first-order valence-corrected chi connectivity index (χ1v) is 13.6. The molecule has 0 radical (unpaired) electrons. The van der Waals surface area contributed by atoms with Gasteiger partial charge in [0.05, 0.1) is 23.4 Å². The van der Waals surface area contributed by atoms with E-state index in [1.165, 1.54) is 0 Å². The van der Waals surface area contributed by atoms with E-state index >= 15 is 0 Å². The first kappa shape index (κ1) is 30.8. The Balaban J connectivity index is 1.84. The molecule has 0 aliphatic heterocycles. The van der Waals surface area contributed by atoms with Gasteiger partial charge in [0.25, 0.3) is 5.91 Å².